The maximum Gasteiger partial charge on any atom is 0.333 e. The Balaban J connectivity index is 0.000000448. The number of carbonyl (C=O) groups is 3. The first kappa shape index (κ1) is 44.5. The van der Waals surface area contributed by atoms with Crippen LogP contribution in [0.1, 0.15) is 121 Å². The first-order chi connectivity index (χ1) is 25.7. The molecule has 0 aromatic heterocycles. The number of carbonyl (C=O) groups excluding carboxylic acids is 3. The summed E-state index contributed by atoms with van der Waals surface area (Å²) in [6.07, 6.45) is 25.2. The predicted molar refractivity (Wildman–Crippen MR) is 207 cm³/mol. The van der Waals surface area contributed by atoms with Gasteiger partial charge < -0.3 is 24.4 Å². The third kappa shape index (κ3) is 21.5. The van der Waals surface area contributed by atoms with Crippen LogP contribution in [-0.2, 0) is 30.4 Å². The Morgan fingerprint density at radius 2 is 1.68 bits per heavy atom. The van der Waals surface area contributed by atoms with Gasteiger partial charge >= 0.3 is 11.9 Å². The SMILES string of the molecule is C/C=C\CCCC(=O)NC(C)C(=O)Oc1ccc(/C=C/COC(=O)CCCO[N+](=O)[O-])cc1OC.c1ccc(CCCCCC2CCCCCC2)cc1. The fraction of sp³-hybridized carbons (Fsp3) is 0.548. The van der Waals surface area contributed by atoms with Gasteiger partial charge in [0.25, 0.3) is 5.09 Å². The van der Waals surface area contributed by atoms with Crippen LogP contribution in [0.5, 0.6) is 11.5 Å². The summed E-state index contributed by atoms with van der Waals surface area (Å²) >= 11 is 0. The average molecular weight is 737 g/mol. The van der Waals surface area contributed by atoms with Crippen LogP contribution in [0.2, 0.25) is 0 Å². The van der Waals surface area contributed by atoms with Crippen LogP contribution in [0.3, 0.4) is 0 Å². The summed E-state index contributed by atoms with van der Waals surface area (Å²) in [5.41, 5.74) is 2.21. The van der Waals surface area contributed by atoms with Gasteiger partial charge in [-0.05, 0) is 81.2 Å². The predicted octanol–water partition coefficient (Wildman–Crippen LogP) is 9.16. The smallest absolute Gasteiger partial charge is 0.333 e. The molecule has 1 aliphatic carbocycles. The van der Waals surface area contributed by atoms with E-state index in [2.05, 4.69) is 40.5 Å². The van der Waals surface area contributed by atoms with E-state index in [-0.39, 0.29) is 37.7 Å². The molecule has 0 radical (unpaired) electrons. The van der Waals surface area contributed by atoms with Crippen molar-refractivity contribution in [1.82, 2.24) is 5.32 Å². The second-order valence-electron chi connectivity index (χ2n) is 13.3. The molecule has 2 aromatic rings. The van der Waals surface area contributed by atoms with Gasteiger partial charge in [0.1, 0.15) is 12.6 Å². The Morgan fingerprint density at radius 3 is 2.38 bits per heavy atom. The summed E-state index contributed by atoms with van der Waals surface area (Å²) in [5.74, 6) is 0.228. The Hall–Kier alpha value is -4.67. The number of hydrogen-bond acceptors (Lipinski definition) is 9. The lowest BCUT2D eigenvalue weighted by molar-refractivity contribution is -0.757. The fourth-order valence-corrected chi connectivity index (χ4v) is 5.98. The first-order valence-corrected chi connectivity index (χ1v) is 19.2. The van der Waals surface area contributed by atoms with Crippen molar-refractivity contribution < 1.29 is 38.5 Å². The van der Waals surface area contributed by atoms with Crippen molar-refractivity contribution in [2.75, 3.05) is 20.3 Å². The lowest BCUT2D eigenvalue weighted by Gasteiger charge is -2.15. The molecule has 1 aliphatic rings. The molecule has 1 saturated carbocycles. The van der Waals surface area contributed by atoms with Gasteiger partial charge in [0.05, 0.1) is 13.7 Å². The Morgan fingerprint density at radius 1 is 0.925 bits per heavy atom. The normalized spacial score (nSPS) is 13.7. The zero-order valence-electron chi connectivity index (χ0n) is 31.9. The zero-order chi connectivity index (χ0) is 38.5. The monoisotopic (exact) mass is 736 g/mol. The maximum atomic E-state index is 12.4. The largest absolute Gasteiger partial charge is 0.493 e. The molecule has 1 N–H and O–H groups in total. The van der Waals surface area contributed by atoms with Crippen LogP contribution in [0.15, 0.2) is 66.8 Å². The summed E-state index contributed by atoms with van der Waals surface area (Å²) in [6, 6.07) is 15.0. The molecule has 11 heteroatoms. The van der Waals surface area contributed by atoms with Crippen molar-refractivity contribution in [3.8, 4) is 11.5 Å². The standard InChI is InChI=1S/C24H32N2O9.C18H28/c1-4-5-6-7-11-22(27)25-18(2)24(29)35-20-14-13-19(17-21(20)32-3)10-8-15-33-23(28)12-9-16-34-26(30)31;1-2-6-12-17(11-5-1)13-7-3-8-14-18-15-9-4-10-16-18/h4-5,8,10,13-14,17-18H,6-7,9,11-12,15-16H2,1-3H3,(H,25,27);4,9-10,15-17H,1-3,5-8,11-14H2/b5-4-,10-8+;. The molecular weight excluding hydrogens is 676 g/mol. The minimum atomic E-state index is -0.915. The van der Waals surface area contributed by atoms with Crippen LogP contribution in [0, 0.1) is 16.0 Å². The number of nitrogens with one attached hydrogen (secondary N) is 1. The quantitative estimate of drug-likeness (QED) is 0.0238. The van der Waals surface area contributed by atoms with E-state index in [0.29, 0.717) is 24.2 Å². The number of ether oxygens (including phenoxy) is 3. The van der Waals surface area contributed by atoms with Crippen LogP contribution < -0.4 is 14.8 Å². The van der Waals surface area contributed by atoms with Crippen LogP contribution in [0.4, 0.5) is 0 Å². The van der Waals surface area contributed by atoms with Crippen molar-refractivity contribution >= 4 is 23.9 Å². The highest BCUT2D eigenvalue weighted by atomic mass is 16.9. The number of amides is 1. The van der Waals surface area contributed by atoms with Gasteiger partial charge in [-0.2, -0.15) is 0 Å². The number of methoxy groups -OCH3 is 1. The molecule has 1 amide bonds. The highest BCUT2D eigenvalue weighted by molar-refractivity contribution is 5.85. The third-order valence-electron chi connectivity index (χ3n) is 8.91. The number of aryl methyl sites for hydroxylation is 1. The third-order valence-corrected chi connectivity index (χ3v) is 8.91. The van der Waals surface area contributed by atoms with Crippen molar-refractivity contribution in [3.63, 3.8) is 0 Å². The molecule has 292 valence electrons. The molecule has 11 nitrogen and oxygen atoms in total. The summed E-state index contributed by atoms with van der Waals surface area (Å²) in [7, 11) is 1.43. The van der Waals surface area contributed by atoms with Gasteiger partial charge in [0, 0.05) is 12.8 Å². The number of benzene rings is 2. The topological polar surface area (TPSA) is 143 Å². The van der Waals surface area contributed by atoms with Crippen molar-refractivity contribution in [1.29, 1.82) is 0 Å². The van der Waals surface area contributed by atoms with Crippen molar-refractivity contribution in [3.05, 3.63) is 88.0 Å². The molecule has 0 aliphatic heterocycles. The van der Waals surface area contributed by atoms with Crippen LogP contribution >= 0.6 is 0 Å². The Kier molecular flexibility index (Phi) is 23.4. The number of unbranched alkanes of at least 4 members (excludes halogenated alkanes) is 3. The Labute approximate surface area is 315 Å². The van der Waals surface area contributed by atoms with E-state index < -0.39 is 23.1 Å². The molecule has 1 fully saturated rings. The second kappa shape index (κ2) is 27.9. The molecule has 1 unspecified atom stereocenters. The minimum Gasteiger partial charge on any atom is -0.493 e. The number of allylic oxidation sites excluding steroid dienone is 2. The van der Waals surface area contributed by atoms with Gasteiger partial charge in [0.15, 0.2) is 11.5 Å². The highest BCUT2D eigenvalue weighted by Crippen LogP contribution is 2.29. The lowest BCUT2D eigenvalue weighted by atomic mass is 9.93. The fourth-order valence-electron chi connectivity index (χ4n) is 5.98. The number of nitrogens with zero attached hydrogens (tertiary/aromatic N) is 1. The van der Waals surface area contributed by atoms with Crippen molar-refractivity contribution in [2.24, 2.45) is 5.92 Å². The van der Waals surface area contributed by atoms with Gasteiger partial charge in [0.2, 0.25) is 5.91 Å². The highest BCUT2D eigenvalue weighted by Gasteiger charge is 2.19. The number of rotatable bonds is 22. The molecule has 53 heavy (non-hydrogen) atoms. The van der Waals surface area contributed by atoms with E-state index in [9.17, 15) is 24.5 Å². The maximum absolute atomic E-state index is 12.4. The van der Waals surface area contributed by atoms with E-state index in [4.69, 9.17) is 14.2 Å². The lowest BCUT2D eigenvalue weighted by Crippen LogP contribution is -2.40. The van der Waals surface area contributed by atoms with Crippen LogP contribution in [0.25, 0.3) is 6.08 Å². The Bertz CT molecular complexity index is 1400. The van der Waals surface area contributed by atoms with E-state index in [0.717, 1.165) is 12.3 Å². The van der Waals surface area contributed by atoms with Gasteiger partial charge in [-0.1, -0.05) is 112 Å². The average Bonchev–Trinajstić information content (AvgIpc) is 3.43. The first-order valence-electron chi connectivity index (χ1n) is 19.2. The van der Waals surface area contributed by atoms with Gasteiger partial charge in [-0.3, -0.25) is 9.59 Å². The molecular formula is C42H60N2O9. The van der Waals surface area contributed by atoms with Gasteiger partial charge in [-0.15, -0.1) is 10.1 Å². The second-order valence-corrected chi connectivity index (χ2v) is 13.3. The van der Waals surface area contributed by atoms with E-state index in [1.54, 1.807) is 37.3 Å². The zero-order valence-corrected chi connectivity index (χ0v) is 31.9. The molecule has 0 spiro atoms. The van der Waals surface area contributed by atoms with Gasteiger partial charge in [-0.25, -0.2) is 4.79 Å². The van der Waals surface area contributed by atoms with E-state index >= 15 is 0 Å². The molecule has 1 atom stereocenters. The van der Waals surface area contributed by atoms with Crippen molar-refractivity contribution in [2.45, 2.75) is 123 Å². The molecule has 0 heterocycles. The molecule has 3 rings (SSSR count). The van der Waals surface area contributed by atoms with Crippen LogP contribution in [-0.4, -0.2) is 49.3 Å². The summed E-state index contributed by atoms with van der Waals surface area (Å²) in [6.45, 7) is 3.31. The summed E-state index contributed by atoms with van der Waals surface area (Å²) in [5, 5.41) is 11.7. The van der Waals surface area contributed by atoms with E-state index in [1.165, 1.54) is 83.3 Å². The molecule has 0 saturated heterocycles. The number of hydrogen-bond donors (Lipinski definition) is 1. The number of esters is 2. The van der Waals surface area contributed by atoms with E-state index in [1.807, 2.05) is 19.1 Å². The minimum absolute atomic E-state index is 0.00461. The molecule has 0 bridgehead atoms. The summed E-state index contributed by atoms with van der Waals surface area (Å²) < 4.78 is 15.7. The molecule has 2 aromatic carbocycles. The summed E-state index contributed by atoms with van der Waals surface area (Å²) in [4.78, 5) is 50.1.